The largest absolute Gasteiger partial charge is 0.271 e. The van der Waals surface area contributed by atoms with Gasteiger partial charge in [0.05, 0.1) is 0 Å². The van der Waals surface area contributed by atoms with Crippen molar-refractivity contribution in [3.63, 3.8) is 0 Å². The lowest BCUT2D eigenvalue weighted by atomic mass is 10.0. The number of amides is 1. The zero-order valence-corrected chi connectivity index (χ0v) is 26.7. The summed E-state index contributed by atoms with van der Waals surface area (Å²) in [6.45, 7) is 2.30. The minimum atomic E-state index is -0.388. The molecule has 0 aromatic heterocycles. The van der Waals surface area contributed by atoms with Crippen molar-refractivity contribution >= 4 is 5.91 Å². The van der Waals surface area contributed by atoms with Crippen LogP contribution in [0.2, 0.25) is 0 Å². The topological polar surface area (TPSA) is 66.6 Å². The fourth-order valence-corrected chi connectivity index (χ4v) is 5.77. The number of nitrogens with zero attached hydrogens (tertiary/aromatic N) is 1. The second-order valence-electron chi connectivity index (χ2n) is 12.4. The van der Waals surface area contributed by atoms with Gasteiger partial charge in [-0.2, -0.15) is 5.17 Å². The van der Waals surface area contributed by atoms with Crippen LogP contribution in [0.25, 0.3) is 0 Å². The second kappa shape index (κ2) is 33.6. The Labute approximate surface area is 245 Å². The fourth-order valence-electron chi connectivity index (χ4n) is 5.77. The Morgan fingerprint density at radius 1 is 0.410 bits per heavy atom. The average Bonchev–Trinajstić information content (AvgIpc) is 2.93. The molecule has 4 heteroatoms. The smallest absolute Gasteiger partial charge is 0.260 e. The van der Waals surface area contributed by atoms with Crippen molar-refractivity contribution in [3.05, 3.63) is 0 Å². The molecule has 0 heterocycles. The predicted octanol–water partition coefficient (Wildman–Crippen LogP) is 12.0. The Balaban J connectivity index is 3.05. The molecule has 0 aliphatic heterocycles. The molecule has 0 radical (unpaired) electrons. The normalized spacial score (nSPS) is 11.4. The van der Waals surface area contributed by atoms with E-state index in [2.05, 4.69) is 6.92 Å². The fraction of sp³-hybridized carbons (Fsp3) is 0.971. The van der Waals surface area contributed by atoms with E-state index in [-0.39, 0.29) is 11.1 Å². The Hall–Kier alpha value is -0.610. The summed E-state index contributed by atoms with van der Waals surface area (Å²) < 4.78 is 0. The predicted molar refractivity (Wildman–Crippen MR) is 171 cm³/mol. The highest BCUT2D eigenvalue weighted by molar-refractivity contribution is 5.74. The second-order valence-corrected chi connectivity index (χ2v) is 12.4. The van der Waals surface area contributed by atoms with Crippen molar-refractivity contribution in [2.24, 2.45) is 5.84 Å². The van der Waals surface area contributed by atoms with Gasteiger partial charge in [0, 0.05) is 6.42 Å². The van der Waals surface area contributed by atoms with Crippen molar-refractivity contribution in [2.45, 2.75) is 219 Å². The van der Waals surface area contributed by atoms with E-state index < -0.39 is 0 Å². The van der Waals surface area contributed by atoms with Crippen LogP contribution in [0.3, 0.4) is 0 Å². The Morgan fingerprint density at radius 2 is 0.590 bits per heavy atom. The monoisotopic (exact) mass is 553 g/mol. The molecule has 0 aromatic carbocycles. The van der Waals surface area contributed by atoms with Crippen molar-refractivity contribution in [1.29, 1.82) is 0 Å². The molecule has 0 aliphatic rings. The van der Waals surface area contributed by atoms with Crippen LogP contribution in [0.4, 0.5) is 0 Å². The molecule has 0 saturated carbocycles. The van der Waals surface area contributed by atoms with Gasteiger partial charge in [-0.1, -0.05) is 206 Å². The highest BCUT2D eigenvalue weighted by atomic mass is 16.5. The van der Waals surface area contributed by atoms with Crippen molar-refractivity contribution in [1.82, 2.24) is 5.17 Å². The zero-order valence-electron chi connectivity index (χ0n) is 26.7. The third-order valence-electron chi connectivity index (χ3n) is 8.50. The number of hydroxylamine groups is 1. The van der Waals surface area contributed by atoms with Gasteiger partial charge in [-0.15, -0.1) is 0 Å². The molecule has 0 atom stereocenters. The molecule has 0 spiro atoms. The summed E-state index contributed by atoms with van der Waals surface area (Å²) in [5.41, 5.74) is 0. The molecule has 0 unspecified atom stereocenters. The number of hydrogen-bond donors (Lipinski definition) is 2. The van der Waals surface area contributed by atoms with Crippen molar-refractivity contribution in [3.8, 4) is 0 Å². The molecule has 4 nitrogen and oxygen atoms in total. The van der Waals surface area contributed by atoms with E-state index in [0.29, 0.717) is 6.42 Å². The summed E-state index contributed by atoms with van der Waals surface area (Å²) in [4.78, 5) is 11.2. The van der Waals surface area contributed by atoms with Crippen LogP contribution in [0.1, 0.15) is 219 Å². The van der Waals surface area contributed by atoms with Gasteiger partial charge < -0.3 is 0 Å². The number of hydrazine groups is 1. The summed E-state index contributed by atoms with van der Waals surface area (Å²) in [6, 6.07) is 0. The van der Waals surface area contributed by atoms with E-state index >= 15 is 0 Å². The lowest BCUT2D eigenvalue weighted by molar-refractivity contribution is -0.166. The number of carbonyl (C=O) groups excluding carboxylic acids is 1. The van der Waals surface area contributed by atoms with Gasteiger partial charge in [-0.25, -0.2) is 5.84 Å². The first-order chi connectivity index (χ1) is 19.2. The van der Waals surface area contributed by atoms with Gasteiger partial charge in [0.2, 0.25) is 0 Å². The van der Waals surface area contributed by atoms with Gasteiger partial charge in [0.15, 0.2) is 0 Å². The highest BCUT2D eigenvalue weighted by Gasteiger charge is 2.05. The van der Waals surface area contributed by atoms with E-state index in [1.54, 1.807) is 0 Å². The molecule has 0 aliphatic carbocycles. The summed E-state index contributed by atoms with van der Waals surface area (Å²) in [6.07, 6.45) is 45.1. The van der Waals surface area contributed by atoms with Gasteiger partial charge in [-0.3, -0.25) is 10.0 Å². The number of unbranched alkanes of at least 4 members (excludes halogenated alkanes) is 31. The third-order valence-corrected chi connectivity index (χ3v) is 8.50. The van der Waals surface area contributed by atoms with E-state index in [4.69, 9.17) is 11.0 Å². The first-order valence-electron chi connectivity index (χ1n) is 17.9. The van der Waals surface area contributed by atoms with E-state index in [1.807, 2.05) is 0 Å². The van der Waals surface area contributed by atoms with E-state index in [1.165, 1.54) is 193 Å². The van der Waals surface area contributed by atoms with Gasteiger partial charge in [0.25, 0.3) is 5.91 Å². The van der Waals surface area contributed by atoms with Crippen LogP contribution in [0, 0.1) is 0 Å². The molecule has 3 N–H and O–H groups in total. The van der Waals surface area contributed by atoms with Crippen LogP contribution in [0.5, 0.6) is 0 Å². The standard InChI is InChI=1S/C35H72N2O2/c1-2-3-4-5-6-7-8-9-10-11-12-13-14-15-16-17-18-19-20-21-22-23-24-25-26-27-28-29-30-31-32-33-34-35(38)37(36)39/h39H,2-34,36H2,1H3. The third kappa shape index (κ3) is 33.5. The van der Waals surface area contributed by atoms with Crippen LogP contribution in [-0.4, -0.2) is 16.3 Å². The molecule has 0 rings (SSSR count). The van der Waals surface area contributed by atoms with Crippen LogP contribution >= 0.6 is 0 Å². The van der Waals surface area contributed by atoms with E-state index in [9.17, 15) is 4.79 Å². The maximum absolute atomic E-state index is 11.2. The summed E-state index contributed by atoms with van der Waals surface area (Å²) in [5.74, 6) is 4.60. The van der Waals surface area contributed by atoms with E-state index in [0.717, 1.165) is 12.8 Å². The number of hydrogen-bond acceptors (Lipinski definition) is 3. The van der Waals surface area contributed by atoms with Gasteiger partial charge >= 0.3 is 0 Å². The number of rotatable bonds is 33. The average molecular weight is 553 g/mol. The Morgan fingerprint density at radius 3 is 0.769 bits per heavy atom. The van der Waals surface area contributed by atoms with Crippen LogP contribution in [-0.2, 0) is 4.79 Å². The van der Waals surface area contributed by atoms with Crippen molar-refractivity contribution < 1.29 is 10.0 Å². The number of carbonyl (C=O) groups is 1. The minimum absolute atomic E-state index is 0.211. The molecule has 0 fully saturated rings. The maximum Gasteiger partial charge on any atom is 0.260 e. The zero-order chi connectivity index (χ0) is 28.5. The van der Waals surface area contributed by atoms with Crippen LogP contribution in [0.15, 0.2) is 0 Å². The Bertz CT molecular complexity index is 470. The first-order valence-corrected chi connectivity index (χ1v) is 17.9. The maximum atomic E-state index is 11.2. The molecular weight excluding hydrogens is 480 g/mol. The minimum Gasteiger partial charge on any atom is -0.271 e. The quantitative estimate of drug-likeness (QED) is 0.0280. The Kier molecular flexibility index (Phi) is 33.1. The lowest BCUT2D eigenvalue weighted by Gasteiger charge is -2.07. The molecule has 39 heavy (non-hydrogen) atoms. The summed E-state index contributed by atoms with van der Waals surface area (Å²) >= 11 is 0. The van der Waals surface area contributed by atoms with Crippen LogP contribution < -0.4 is 5.84 Å². The van der Waals surface area contributed by atoms with Gasteiger partial charge in [-0.05, 0) is 6.42 Å². The highest BCUT2D eigenvalue weighted by Crippen LogP contribution is 2.17. The van der Waals surface area contributed by atoms with Gasteiger partial charge in [0.1, 0.15) is 0 Å². The molecule has 0 bridgehead atoms. The molecule has 1 amide bonds. The first kappa shape index (κ1) is 38.4. The van der Waals surface area contributed by atoms with Crippen molar-refractivity contribution in [2.75, 3.05) is 0 Å². The lowest BCUT2D eigenvalue weighted by Crippen LogP contribution is -2.33. The molecule has 0 aromatic rings. The molecule has 0 saturated heterocycles. The summed E-state index contributed by atoms with van der Waals surface area (Å²) in [5, 5.41) is 9.01. The number of nitrogens with two attached hydrogens (primary N) is 1. The SMILES string of the molecule is CCCCCCCCCCCCCCCCCCCCCCCCCCCCCCCCCCC(=O)N(N)O. The molecule has 234 valence electrons. The summed E-state index contributed by atoms with van der Waals surface area (Å²) in [7, 11) is 0. The molecular formula is C35H72N2O2.